The van der Waals surface area contributed by atoms with Gasteiger partial charge in [0.2, 0.25) is 27.7 Å². The van der Waals surface area contributed by atoms with Gasteiger partial charge in [-0.15, -0.1) is 0 Å². The van der Waals surface area contributed by atoms with Crippen molar-refractivity contribution >= 4 is 50.4 Å². The fraction of sp³-hybridized carbons (Fsp3) is 0.556. The van der Waals surface area contributed by atoms with Crippen LogP contribution in [-0.2, 0) is 33.9 Å². The second-order valence-electron chi connectivity index (χ2n) is 14.7. The topological polar surface area (TPSA) is 199 Å². The molecule has 0 spiro atoms. The maximum absolute atomic E-state index is 14.4. The molecule has 4 amide bonds. The summed E-state index contributed by atoms with van der Waals surface area (Å²) in [5.74, 6) is -2.26. The van der Waals surface area contributed by atoms with Crippen LogP contribution in [0.3, 0.4) is 0 Å². The van der Waals surface area contributed by atoms with Gasteiger partial charge in [-0.2, -0.15) is 0 Å². The number of ketones is 1. The summed E-state index contributed by atoms with van der Waals surface area (Å²) in [5, 5.41) is 6.06. The minimum Gasteiger partial charge on any atom is -0.497 e. The monoisotopic (exact) mass is 741 g/mol. The zero-order valence-electron chi connectivity index (χ0n) is 30.3. The molecule has 5 atom stereocenters. The lowest BCUT2D eigenvalue weighted by molar-refractivity contribution is -0.142. The van der Waals surface area contributed by atoms with Gasteiger partial charge >= 0.3 is 6.09 Å². The van der Waals surface area contributed by atoms with E-state index in [9.17, 15) is 32.4 Å². The average molecular weight is 742 g/mol. The first kappa shape index (κ1) is 38.5. The van der Waals surface area contributed by atoms with Gasteiger partial charge in [-0.05, 0) is 88.1 Å². The van der Waals surface area contributed by atoms with Crippen LogP contribution in [0.25, 0.3) is 10.8 Å². The number of hydrogen-bond donors (Lipinski definition) is 3. The van der Waals surface area contributed by atoms with Gasteiger partial charge in [0.15, 0.2) is 5.78 Å². The van der Waals surface area contributed by atoms with E-state index in [4.69, 9.17) is 14.2 Å². The molecule has 1 saturated heterocycles. The Morgan fingerprint density at radius 3 is 2.44 bits per heavy atom. The number of nitrogens with zero attached hydrogens (tertiary/aromatic N) is 2. The molecule has 2 aliphatic carbocycles. The first-order valence-corrected chi connectivity index (χ1v) is 18.9. The summed E-state index contributed by atoms with van der Waals surface area (Å²) >= 11 is 0. The number of hydrogen-bond acceptors (Lipinski definition) is 11. The lowest BCUT2D eigenvalue weighted by atomic mass is 10.0. The van der Waals surface area contributed by atoms with E-state index in [1.807, 2.05) is 13.0 Å². The normalized spacial score (nSPS) is 23.3. The fourth-order valence-electron chi connectivity index (χ4n) is 6.39. The highest BCUT2D eigenvalue weighted by Crippen LogP contribution is 2.47. The van der Waals surface area contributed by atoms with E-state index in [1.54, 1.807) is 52.3 Å². The molecular weight excluding hydrogens is 694 g/mol. The van der Waals surface area contributed by atoms with Crippen LogP contribution in [0.1, 0.15) is 73.1 Å². The average Bonchev–Trinajstić information content (AvgIpc) is 3.99. The van der Waals surface area contributed by atoms with Gasteiger partial charge < -0.3 is 29.7 Å². The third-order valence-corrected chi connectivity index (χ3v) is 11.3. The number of allylic oxidation sites excluding steroid dienone is 1. The number of aromatic nitrogens is 1. The lowest BCUT2D eigenvalue weighted by Gasteiger charge is -2.30. The number of pyridine rings is 1. The van der Waals surface area contributed by atoms with E-state index in [2.05, 4.69) is 26.9 Å². The van der Waals surface area contributed by atoms with Crippen LogP contribution in [-0.4, -0.2) is 96.1 Å². The maximum atomic E-state index is 14.4. The van der Waals surface area contributed by atoms with E-state index in [0.29, 0.717) is 30.4 Å². The van der Waals surface area contributed by atoms with Crippen molar-refractivity contribution in [1.82, 2.24) is 25.2 Å². The van der Waals surface area contributed by atoms with Crippen LogP contribution in [0.15, 0.2) is 42.6 Å². The second kappa shape index (κ2) is 14.7. The molecule has 1 aliphatic heterocycles. The molecule has 2 aromatic rings. The van der Waals surface area contributed by atoms with E-state index >= 15 is 0 Å². The minimum atomic E-state index is -3.90. The number of sulfonamides is 1. The quantitative estimate of drug-likeness (QED) is 0.241. The van der Waals surface area contributed by atoms with Crippen LogP contribution >= 0.6 is 0 Å². The number of carbonyl (C=O) groups excluding carboxylic acids is 5. The molecule has 3 aliphatic rings. The Hall–Kier alpha value is -4.73. The fourth-order valence-corrected chi connectivity index (χ4v) is 7.75. The van der Waals surface area contributed by atoms with Crippen LogP contribution in [0.4, 0.5) is 4.79 Å². The lowest BCUT2D eigenvalue weighted by Crippen LogP contribution is -2.58. The van der Waals surface area contributed by atoms with Crippen molar-refractivity contribution in [2.45, 2.75) is 108 Å². The first-order chi connectivity index (χ1) is 24.4. The van der Waals surface area contributed by atoms with E-state index in [0.717, 1.165) is 5.39 Å². The number of fused-ring (bicyclic) bond motifs is 1. The second-order valence-corrected chi connectivity index (χ2v) is 16.7. The summed E-state index contributed by atoms with van der Waals surface area (Å²) < 4.78 is 44.6. The smallest absolute Gasteiger partial charge is 0.408 e. The summed E-state index contributed by atoms with van der Waals surface area (Å²) in [4.78, 5) is 73.4. The Morgan fingerprint density at radius 1 is 1.13 bits per heavy atom. The molecule has 3 fully saturated rings. The standard InChI is InChI=1S/C36H47N5O10S/c1-8-22-18-36(22,33(45)40-52(47,48)25-10-11-25)39-30(43)28-16-24(50-31-26-12-9-23(49-7)15-21(26)13-14-37-31)19-41(28)32(44)27(17-29(42)20(2)3)38-34(46)51-35(4,5)6/h9,12-15,22,24-25,27-28H,2,8,10-11,16-19H2,1,3-7H3,(H,38,46)(H,39,43)(H,40,45)/t22-,24-,27+,28+,36-/m1/s1. The summed E-state index contributed by atoms with van der Waals surface area (Å²) in [6.45, 7) is 11.8. The van der Waals surface area contributed by atoms with Crippen molar-refractivity contribution in [3.05, 3.63) is 42.6 Å². The predicted octanol–water partition coefficient (Wildman–Crippen LogP) is 2.91. The highest BCUT2D eigenvalue weighted by atomic mass is 32.2. The Labute approximate surface area is 303 Å². The molecule has 15 nitrogen and oxygen atoms in total. The van der Waals surface area contributed by atoms with Gasteiger partial charge in [-0.3, -0.25) is 23.9 Å². The van der Waals surface area contributed by atoms with E-state index < -0.39 is 80.6 Å². The van der Waals surface area contributed by atoms with Gasteiger partial charge in [0.1, 0.15) is 35.1 Å². The molecule has 1 aromatic carbocycles. The van der Waals surface area contributed by atoms with Crippen molar-refractivity contribution in [2.24, 2.45) is 5.92 Å². The molecule has 0 bridgehead atoms. The number of ether oxygens (including phenoxy) is 3. The van der Waals surface area contributed by atoms with Crippen molar-refractivity contribution in [2.75, 3.05) is 13.7 Å². The van der Waals surface area contributed by atoms with Crippen molar-refractivity contribution in [1.29, 1.82) is 0 Å². The third-order valence-electron chi connectivity index (χ3n) is 9.46. The minimum absolute atomic E-state index is 0.0474. The largest absolute Gasteiger partial charge is 0.497 e. The molecule has 16 heteroatoms. The molecule has 0 radical (unpaired) electrons. The SMILES string of the molecule is C=C(C)C(=O)C[C@H](NC(=O)OC(C)(C)C)C(=O)N1C[C@H](Oc2nccc3cc(OC)ccc23)C[C@H]1C(=O)N[C@]1(C(=O)NS(=O)(=O)C2CC2)C[C@H]1CC. The third kappa shape index (κ3) is 8.65. The number of alkyl carbamates (subject to hydrolysis) is 1. The molecule has 5 rings (SSSR count). The summed E-state index contributed by atoms with van der Waals surface area (Å²) in [5.41, 5.74) is -2.25. The van der Waals surface area contributed by atoms with Crippen molar-refractivity contribution in [3.63, 3.8) is 0 Å². The van der Waals surface area contributed by atoms with Gasteiger partial charge in [-0.1, -0.05) is 19.9 Å². The Bertz CT molecular complexity index is 1890. The number of Topliss-reactive ketones (excluding diaryl/α,β-unsaturated/α-hetero) is 1. The van der Waals surface area contributed by atoms with Gasteiger partial charge in [0.25, 0.3) is 5.91 Å². The van der Waals surface area contributed by atoms with Crippen LogP contribution in [0, 0.1) is 5.92 Å². The van der Waals surface area contributed by atoms with Crippen molar-refractivity contribution < 1.29 is 46.6 Å². The zero-order valence-corrected chi connectivity index (χ0v) is 31.1. The molecular formula is C36H47N5O10S. The van der Waals surface area contributed by atoms with Gasteiger partial charge in [0, 0.05) is 24.4 Å². The maximum Gasteiger partial charge on any atom is 0.408 e. The molecule has 2 heterocycles. The number of rotatable bonds is 14. The summed E-state index contributed by atoms with van der Waals surface area (Å²) in [7, 11) is -2.35. The van der Waals surface area contributed by atoms with Gasteiger partial charge in [0.05, 0.1) is 18.9 Å². The summed E-state index contributed by atoms with van der Waals surface area (Å²) in [6.07, 6.45) is 0.906. The molecule has 3 N–H and O–H groups in total. The van der Waals surface area contributed by atoms with E-state index in [1.165, 1.54) is 11.8 Å². The van der Waals surface area contributed by atoms with E-state index in [-0.39, 0.29) is 36.8 Å². The van der Waals surface area contributed by atoms with Crippen molar-refractivity contribution in [3.8, 4) is 11.6 Å². The number of benzene rings is 1. The number of methoxy groups -OCH3 is 1. The highest BCUT2D eigenvalue weighted by molar-refractivity contribution is 7.91. The Balaban J connectivity index is 1.45. The van der Waals surface area contributed by atoms with Crippen LogP contribution < -0.4 is 24.8 Å². The number of nitrogens with one attached hydrogen (secondary N) is 3. The Morgan fingerprint density at radius 2 is 1.85 bits per heavy atom. The molecule has 282 valence electrons. The van der Waals surface area contributed by atoms with Crippen LogP contribution in [0.2, 0.25) is 0 Å². The van der Waals surface area contributed by atoms with Crippen LogP contribution in [0.5, 0.6) is 11.6 Å². The predicted molar refractivity (Wildman–Crippen MR) is 190 cm³/mol. The first-order valence-electron chi connectivity index (χ1n) is 17.3. The number of carbonyl (C=O) groups is 5. The zero-order chi connectivity index (χ0) is 38.2. The molecule has 52 heavy (non-hydrogen) atoms. The number of amides is 4. The highest BCUT2D eigenvalue weighted by Gasteiger charge is 2.62. The molecule has 1 aromatic heterocycles. The van der Waals surface area contributed by atoms with Gasteiger partial charge in [-0.25, -0.2) is 18.2 Å². The Kier molecular flexibility index (Phi) is 10.9. The number of likely N-dealkylation sites (tertiary alicyclic amines) is 1. The summed E-state index contributed by atoms with van der Waals surface area (Å²) in [6, 6.07) is 4.43. The molecule has 2 saturated carbocycles. The molecule has 0 unspecified atom stereocenters.